The second-order valence-corrected chi connectivity index (χ2v) is 7.11. The largest absolute Gasteiger partial charge is 0.483 e. The van der Waals surface area contributed by atoms with Crippen LogP contribution in [0.1, 0.15) is 13.8 Å². The summed E-state index contributed by atoms with van der Waals surface area (Å²) in [5, 5.41) is 0.0999. The smallest absolute Gasteiger partial charge is 0.186 e. The lowest BCUT2D eigenvalue weighted by Crippen LogP contribution is -2.20. The van der Waals surface area contributed by atoms with Gasteiger partial charge in [-0.15, -0.1) is 0 Å². The monoisotopic (exact) mass is 336 g/mol. The first-order valence-electron chi connectivity index (χ1n) is 4.99. The van der Waals surface area contributed by atoms with E-state index in [4.69, 9.17) is 17.0 Å². The molecule has 0 aliphatic carbocycles. The van der Waals surface area contributed by atoms with Crippen molar-refractivity contribution in [2.75, 3.05) is 5.75 Å². The van der Waals surface area contributed by atoms with Gasteiger partial charge in [-0.1, -0.05) is 15.9 Å². The summed E-state index contributed by atoms with van der Waals surface area (Å²) < 4.78 is 29.9. The maximum Gasteiger partial charge on any atom is 0.186 e. The molecule has 3 nitrogen and oxygen atoms in total. The third kappa shape index (κ3) is 4.73. The summed E-state index contributed by atoms with van der Waals surface area (Å²) >= 11 is 8.14. The molecule has 94 valence electrons. The number of rotatable bonds is 4. The van der Waals surface area contributed by atoms with Crippen LogP contribution in [0.15, 0.2) is 33.6 Å². The van der Waals surface area contributed by atoms with Crippen molar-refractivity contribution in [2.45, 2.75) is 24.8 Å². The summed E-state index contributed by atoms with van der Waals surface area (Å²) in [6.45, 7) is 3.61. The van der Waals surface area contributed by atoms with Gasteiger partial charge in [0.2, 0.25) is 0 Å². The van der Waals surface area contributed by atoms with E-state index in [-0.39, 0.29) is 21.8 Å². The van der Waals surface area contributed by atoms with Crippen molar-refractivity contribution >= 4 is 43.0 Å². The maximum absolute atomic E-state index is 12.0. The Bertz CT molecular complexity index is 492. The quantitative estimate of drug-likeness (QED) is 0.793. The number of sulfone groups is 1. The van der Waals surface area contributed by atoms with Crippen LogP contribution >= 0.6 is 28.1 Å². The lowest BCUT2D eigenvalue weighted by atomic mass is 10.4. The highest BCUT2D eigenvalue weighted by atomic mass is 79.9. The van der Waals surface area contributed by atoms with Crippen molar-refractivity contribution in [3.8, 4) is 0 Å². The highest BCUT2D eigenvalue weighted by molar-refractivity contribution is 9.10. The van der Waals surface area contributed by atoms with Crippen molar-refractivity contribution in [3.05, 3.63) is 28.7 Å². The first-order valence-corrected chi connectivity index (χ1v) is 7.84. The molecule has 0 aliphatic heterocycles. The summed E-state index contributed by atoms with van der Waals surface area (Å²) in [4.78, 5) is 0.246. The minimum atomic E-state index is -3.41. The molecule has 0 spiro atoms. The average molecular weight is 337 g/mol. The number of halogens is 1. The van der Waals surface area contributed by atoms with Gasteiger partial charge >= 0.3 is 0 Å². The van der Waals surface area contributed by atoms with E-state index < -0.39 is 9.84 Å². The molecule has 0 aromatic heterocycles. The van der Waals surface area contributed by atoms with Crippen molar-refractivity contribution in [3.63, 3.8) is 0 Å². The van der Waals surface area contributed by atoms with Gasteiger partial charge in [-0.2, -0.15) is 0 Å². The Kier molecular flexibility index (Phi) is 5.09. The molecule has 17 heavy (non-hydrogen) atoms. The standard InChI is InChI=1S/C11H13BrO3S2/c1-8(2)15-11(16)7-17(13,14)10-5-3-9(12)4-6-10/h3-6,8H,7H2,1-2H3. The van der Waals surface area contributed by atoms with Gasteiger partial charge in [-0.05, 0) is 50.3 Å². The fraction of sp³-hybridized carbons (Fsp3) is 0.364. The molecule has 0 N–H and O–H groups in total. The van der Waals surface area contributed by atoms with E-state index in [2.05, 4.69) is 15.9 Å². The molecule has 6 heteroatoms. The van der Waals surface area contributed by atoms with Gasteiger partial charge in [-0.25, -0.2) is 8.42 Å². The topological polar surface area (TPSA) is 43.4 Å². The zero-order valence-electron chi connectivity index (χ0n) is 9.51. The molecule has 0 bridgehead atoms. The van der Waals surface area contributed by atoms with Crippen molar-refractivity contribution in [1.82, 2.24) is 0 Å². The van der Waals surface area contributed by atoms with Crippen LogP contribution in [0.3, 0.4) is 0 Å². The number of thiocarbonyl (C=S) groups is 1. The Morgan fingerprint density at radius 3 is 2.35 bits per heavy atom. The molecule has 0 amide bonds. The summed E-state index contributed by atoms with van der Waals surface area (Å²) in [5.74, 6) is -0.262. The summed E-state index contributed by atoms with van der Waals surface area (Å²) in [6.07, 6.45) is -0.109. The molecule has 0 aliphatic rings. The Morgan fingerprint density at radius 1 is 1.35 bits per heavy atom. The fourth-order valence-corrected chi connectivity index (χ4v) is 3.20. The number of ether oxygens (including phenoxy) is 1. The molecular weight excluding hydrogens is 324 g/mol. The summed E-state index contributed by atoms with van der Waals surface area (Å²) in [5.41, 5.74) is 0. The molecule has 0 fully saturated rings. The Morgan fingerprint density at radius 2 is 1.88 bits per heavy atom. The summed E-state index contributed by atoms with van der Waals surface area (Å²) in [6, 6.07) is 6.44. The van der Waals surface area contributed by atoms with Crippen molar-refractivity contribution in [2.24, 2.45) is 0 Å². The van der Waals surface area contributed by atoms with Crippen LogP contribution < -0.4 is 0 Å². The van der Waals surface area contributed by atoms with E-state index in [0.29, 0.717) is 0 Å². The lowest BCUT2D eigenvalue weighted by Gasteiger charge is -2.11. The Balaban J connectivity index is 2.82. The molecule has 0 unspecified atom stereocenters. The lowest BCUT2D eigenvalue weighted by molar-refractivity contribution is 0.234. The normalized spacial score (nSPS) is 11.5. The van der Waals surface area contributed by atoms with E-state index in [9.17, 15) is 8.42 Å². The van der Waals surface area contributed by atoms with Crippen LogP contribution in [-0.4, -0.2) is 25.3 Å². The van der Waals surface area contributed by atoms with Crippen molar-refractivity contribution in [1.29, 1.82) is 0 Å². The molecule has 0 heterocycles. The first-order chi connectivity index (χ1) is 7.81. The summed E-state index contributed by atoms with van der Waals surface area (Å²) in [7, 11) is -3.41. The minimum absolute atomic E-state index is 0.0999. The average Bonchev–Trinajstić information content (AvgIpc) is 2.15. The minimum Gasteiger partial charge on any atom is -0.483 e. The van der Waals surface area contributed by atoms with Crippen LogP contribution in [0.2, 0.25) is 0 Å². The highest BCUT2D eigenvalue weighted by Crippen LogP contribution is 2.16. The molecule has 0 saturated carbocycles. The van der Waals surface area contributed by atoms with E-state index in [1.165, 1.54) is 12.1 Å². The van der Waals surface area contributed by atoms with E-state index >= 15 is 0 Å². The van der Waals surface area contributed by atoms with Crippen molar-refractivity contribution < 1.29 is 13.2 Å². The molecule has 1 rings (SSSR count). The molecule has 0 atom stereocenters. The van der Waals surface area contributed by atoms with Crippen LogP contribution in [0.25, 0.3) is 0 Å². The van der Waals surface area contributed by atoms with Gasteiger partial charge in [0.25, 0.3) is 0 Å². The molecule has 0 radical (unpaired) electrons. The van der Waals surface area contributed by atoms with E-state index in [1.807, 2.05) is 0 Å². The van der Waals surface area contributed by atoms with Gasteiger partial charge in [0.05, 0.1) is 11.0 Å². The SMILES string of the molecule is CC(C)OC(=S)CS(=O)(=O)c1ccc(Br)cc1. The van der Waals surface area contributed by atoms with Gasteiger partial charge in [0, 0.05) is 4.47 Å². The predicted octanol–water partition coefficient (Wildman–Crippen LogP) is 2.98. The van der Waals surface area contributed by atoms with Gasteiger partial charge in [0.1, 0.15) is 5.75 Å². The second-order valence-electron chi connectivity index (χ2n) is 3.75. The maximum atomic E-state index is 12.0. The Labute approximate surface area is 115 Å². The number of hydrogen-bond acceptors (Lipinski definition) is 4. The van der Waals surface area contributed by atoms with Gasteiger partial charge in [-0.3, -0.25) is 0 Å². The van der Waals surface area contributed by atoms with Crippen LogP contribution in [-0.2, 0) is 14.6 Å². The molecule has 1 aromatic rings. The third-order valence-corrected chi connectivity index (χ3v) is 4.43. The molecule has 0 saturated heterocycles. The molecule has 1 aromatic carbocycles. The third-order valence-electron chi connectivity index (χ3n) is 1.85. The number of benzene rings is 1. The zero-order chi connectivity index (χ0) is 13.1. The van der Waals surface area contributed by atoms with E-state index in [0.717, 1.165) is 4.47 Å². The highest BCUT2D eigenvalue weighted by Gasteiger charge is 2.18. The zero-order valence-corrected chi connectivity index (χ0v) is 12.7. The Hall–Kier alpha value is -0.460. The molecular formula is C11H13BrO3S2. The fourth-order valence-electron chi connectivity index (χ4n) is 1.18. The van der Waals surface area contributed by atoms with Crippen LogP contribution in [0.4, 0.5) is 0 Å². The van der Waals surface area contributed by atoms with Crippen LogP contribution in [0.5, 0.6) is 0 Å². The number of hydrogen-bond donors (Lipinski definition) is 0. The van der Waals surface area contributed by atoms with E-state index in [1.54, 1.807) is 26.0 Å². The second kappa shape index (κ2) is 5.93. The van der Waals surface area contributed by atoms with Gasteiger partial charge < -0.3 is 4.74 Å². The van der Waals surface area contributed by atoms with Gasteiger partial charge in [0.15, 0.2) is 14.9 Å². The predicted molar refractivity (Wildman–Crippen MR) is 75.0 cm³/mol. The first kappa shape index (κ1) is 14.6. The van der Waals surface area contributed by atoms with Crippen LogP contribution in [0, 0.1) is 0 Å².